The van der Waals surface area contributed by atoms with Crippen LogP contribution >= 0.6 is 23.2 Å². The average molecular weight is 495 g/mol. The molecule has 0 unspecified atom stereocenters. The molecule has 0 aliphatic carbocycles. The zero-order valence-electron chi connectivity index (χ0n) is 20.1. The molecule has 0 aliphatic rings. The minimum Gasteiger partial charge on any atom is -0.384 e. The lowest BCUT2D eigenvalue weighted by atomic mass is 10.1. The topological polar surface area (TPSA) is 33.1 Å². The number of benzene rings is 2. The van der Waals surface area contributed by atoms with Crippen molar-refractivity contribution >= 4 is 39.8 Å². The zero-order chi connectivity index (χ0) is 24.1. The second-order valence-electron chi connectivity index (χ2n) is 8.56. The van der Waals surface area contributed by atoms with Crippen LogP contribution < -0.4 is 5.32 Å². The fourth-order valence-electron chi connectivity index (χ4n) is 4.43. The van der Waals surface area contributed by atoms with Gasteiger partial charge in [0.05, 0.1) is 5.52 Å². The number of rotatable bonds is 10. The van der Waals surface area contributed by atoms with E-state index in [0.717, 1.165) is 60.8 Å². The first kappa shape index (κ1) is 24.6. The van der Waals surface area contributed by atoms with E-state index in [0.29, 0.717) is 5.02 Å². The third-order valence-corrected chi connectivity index (χ3v) is 6.97. The number of pyridine rings is 1. The summed E-state index contributed by atoms with van der Waals surface area (Å²) in [5.41, 5.74) is 7.17. The summed E-state index contributed by atoms with van der Waals surface area (Å²) >= 11 is 12.3. The summed E-state index contributed by atoms with van der Waals surface area (Å²) in [6, 6.07) is 18.4. The maximum absolute atomic E-state index is 6.16. The van der Waals surface area contributed by atoms with Gasteiger partial charge in [0.15, 0.2) is 0 Å². The van der Waals surface area contributed by atoms with E-state index in [1.807, 2.05) is 42.6 Å². The summed E-state index contributed by atoms with van der Waals surface area (Å²) in [6.45, 7) is 11.5. The number of halogens is 2. The van der Waals surface area contributed by atoms with E-state index >= 15 is 0 Å². The second-order valence-corrected chi connectivity index (χ2v) is 9.43. The van der Waals surface area contributed by atoms with Gasteiger partial charge in [-0.2, -0.15) is 0 Å². The predicted octanol–water partition coefficient (Wildman–Crippen LogP) is 7.66. The van der Waals surface area contributed by atoms with Gasteiger partial charge in [0, 0.05) is 58.3 Å². The van der Waals surface area contributed by atoms with E-state index in [-0.39, 0.29) is 0 Å². The lowest BCUT2D eigenvalue weighted by molar-refractivity contribution is 0.295. The van der Waals surface area contributed by atoms with Crippen molar-refractivity contribution in [1.82, 2.24) is 14.5 Å². The van der Waals surface area contributed by atoms with Crippen LogP contribution in [0.4, 0.5) is 5.69 Å². The van der Waals surface area contributed by atoms with Gasteiger partial charge in [-0.1, -0.05) is 49.2 Å². The standard InChI is InChI=1S/C28H32Cl2N4/c1-4-33(5-2)19-22-17-28(21-7-9-23(29)10-8-21)34(20(22)3)16-6-14-31-26-13-15-32-27-18-24(30)11-12-25(26)27/h7-13,15,17-18H,4-6,14,16,19H2,1-3H3,(H,31,32). The number of hydrogen-bond donors (Lipinski definition) is 1. The van der Waals surface area contributed by atoms with Gasteiger partial charge in [-0.25, -0.2) is 0 Å². The molecule has 178 valence electrons. The summed E-state index contributed by atoms with van der Waals surface area (Å²) in [5.74, 6) is 0. The number of aromatic nitrogens is 2. The smallest absolute Gasteiger partial charge is 0.0737 e. The molecule has 6 heteroatoms. The Kier molecular flexibility index (Phi) is 8.15. The molecular formula is C28H32Cl2N4. The highest BCUT2D eigenvalue weighted by molar-refractivity contribution is 6.31. The summed E-state index contributed by atoms with van der Waals surface area (Å²) in [5, 5.41) is 6.15. The second kappa shape index (κ2) is 11.3. The third kappa shape index (κ3) is 5.57. The Morgan fingerprint density at radius 3 is 2.41 bits per heavy atom. The van der Waals surface area contributed by atoms with E-state index in [9.17, 15) is 0 Å². The van der Waals surface area contributed by atoms with Gasteiger partial charge in [-0.15, -0.1) is 0 Å². The predicted molar refractivity (Wildman–Crippen MR) is 146 cm³/mol. The highest BCUT2D eigenvalue weighted by atomic mass is 35.5. The van der Waals surface area contributed by atoms with Gasteiger partial charge in [0.25, 0.3) is 0 Å². The molecular weight excluding hydrogens is 463 g/mol. The van der Waals surface area contributed by atoms with Gasteiger partial charge in [0.2, 0.25) is 0 Å². The SMILES string of the molecule is CCN(CC)Cc1cc(-c2ccc(Cl)cc2)n(CCCNc2ccnc3cc(Cl)ccc23)c1C. The molecule has 1 N–H and O–H groups in total. The van der Waals surface area contributed by atoms with Gasteiger partial charge in [0.1, 0.15) is 0 Å². The van der Waals surface area contributed by atoms with Crippen LogP contribution in [0.15, 0.2) is 60.8 Å². The van der Waals surface area contributed by atoms with Crippen LogP contribution in [0.2, 0.25) is 10.0 Å². The number of nitrogens with one attached hydrogen (secondary N) is 1. The lowest BCUT2D eigenvalue weighted by Crippen LogP contribution is -2.22. The molecule has 0 bridgehead atoms. The van der Waals surface area contributed by atoms with E-state index in [2.05, 4.69) is 58.7 Å². The Morgan fingerprint density at radius 1 is 0.941 bits per heavy atom. The highest BCUT2D eigenvalue weighted by Gasteiger charge is 2.15. The molecule has 0 atom stereocenters. The molecule has 2 aromatic heterocycles. The molecule has 0 amide bonds. The maximum Gasteiger partial charge on any atom is 0.0737 e. The number of hydrogen-bond acceptors (Lipinski definition) is 3. The average Bonchev–Trinajstić information content (AvgIpc) is 3.15. The normalized spacial score (nSPS) is 11.5. The molecule has 4 nitrogen and oxygen atoms in total. The number of fused-ring (bicyclic) bond motifs is 1. The molecule has 4 rings (SSSR count). The van der Waals surface area contributed by atoms with Crippen LogP contribution in [0, 0.1) is 6.92 Å². The quantitative estimate of drug-likeness (QED) is 0.229. The molecule has 0 spiro atoms. The number of anilines is 1. The van der Waals surface area contributed by atoms with Gasteiger partial charge in [-0.05, 0) is 80.0 Å². The van der Waals surface area contributed by atoms with Crippen molar-refractivity contribution < 1.29 is 0 Å². The maximum atomic E-state index is 6.16. The third-order valence-electron chi connectivity index (χ3n) is 6.48. The summed E-state index contributed by atoms with van der Waals surface area (Å²) < 4.78 is 2.45. The van der Waals surface area contributed by atoms with Crippen LogP contribution in [-0.4, -0.2) is 34.1 Å². The molecule has 34 heavy (non-hydrogen) atoms. The van der Waals surface area contributed by atoms with Crippen molar-refractivity contribution in [2.45, 2.75) is 40.3 Å². The van der Waals surface area contributed by atoms with Gasteiger partial charge < -0.3 is 9.88 Å². The van der Waals surface area contributed by atoms with Crippen LogP contribution in [0.3, 0.4) is 0 Å². The summed E-state index contributed by atoms with van der Waals surface area (Å²) in [7, 11) is 0. The minimum atomic E-state index is 0.704. The van der Waals surface area contributed by atoms with Crippen LogP contribution in [-0.2, 0) is 13.1 Å². The first-order valence-electron chi connectivity index (χ1n) is 12.0. The Balaban J connectivity index is 1.52. The molecule has 0 saturated carbocycles. The first-order chi connectivity index (χ1) is 16.5. The monoisotopic (exact) mass is 494 g/mol. The molecule has 4 aromatic rings. The fourth-order valence-corrected chi connectivity index (χ4v) is 4.73. The van der Waals surface area contributed by atoms with E-state index in [4.69, 9.17) is 23.2 Å². The van der Waals surface area contributed by atoms with Crippen molar-refractivity contribution in [2.75, 3.05) is 25.0 Å². The molecule has 0 aliphatic heterocycles. The number of nitrogens with zero attached hydrogens (tertiary/aromatic N) is 3. The molecule has 0 fully saturated rings. The molecule has 2 heterocycles. The van der Waals surface area contributed by atoms with E-state index < -0.39 is 0 Å². The van der Waals surface area contributed by atoms with Crippen molar-refractivity contribution in [3.63, 3.8) is 0 Å². The van der Waals surface area contributed by atoms with E-state index in [1.165, 1.54) is 22.5 Å². The highest BCUT2D eigenvalue weighted by Crippen LogP contribution is 2.29. The fraction of sp³-hybridized carbons (Fsp3) is 0.321. The summed E-state index contributed by atoms with van der Waals surface area (Å²) in [4.78, 5) is 6.90. The van der Waals surface area contributed by atoms with Crippen molar-refractivity contribution in [3.8, 4) is 11.3 Å². The van der Waals surface area contributed by atoms with Crippen LogP contribution in [0.25, 0.3) is 22.2 Å². The Labute approximate surface area is 212 Å². The lowest BCUT2D eigenvalue weighted by Gasteiger charge is -2.18. The Bertz CT molecular complexity index is 1240. The first-order valence-corrected chi connectivity index (χ1v) is 12.7. The molecule has 0 saturated heterocycles. The van der Waals surface area contributed by atoms with Crippen LogP contribution in [0.1, 0.15) is 31.5 Å². The zero-order valence-corrected chi connectivity index (χ0v) is 21.6. The van der Waals surface area contributed by atoms with Crippen molar-refractivity contribution in [3.05, 3.63) is 82.1 Å². The van der Waals surface area contributed by atoms with Gasteiger partial charge >= 0.3 is 0 Å². The summed E-state index contributed by atoms with van der Waals surface area (Å²) in [6.07, 6.45) is 2.83. The Hall–Kier alpha value is -2.53. The molecule has 0 radical (unpaired) electrons. The van der Waals surface area contributed by atoms with E-state index in [1.54, 1.807) is 0 Å². The largest absolute Gasteiger partial charge is 0.384 e. The van der Waals surface area contributed by atoms with Crippen molar-refractivity contribution in [1.29, 1.82) is 0 Å². The molecule has 2 aromatic carbocycles. The van der Waals surface area contributed by atoms with Gasteiger partial charge in [-0.3, -0.25) is 9.88 Å². The van der Waals surface area contributed by atoms with Crippen molar-refractivity contribution in [2.24, 2.45) is 0 Å². The minimum absolute atomic E-state index is 0.704. The van der Waals surface area contributed by atoms with Crippen LogP contribution in [0.5, 0.6) is 0 Å². The Morgan fingerprint density at radius 2 is 1.68 bits per heavy atom.